The van der Waals surface area contributed by atoms with E-state index < -0.39 is 17.3 Å². The Kier molecular flexibility index (Phi) is 5.46. The standard InChI is InChI=1S/C25H26O2/c1-18-14-19(2)16-20(15-18)17-23(24(26)27)25(3,21-10-6-4-7-11-21)22-12-8-5-9-13-22/h4-16,23H,17H2,1-3H3,(H,26,27)/t23-/m1/s1. The maximum absolute atomic E-state index is 12.5. The molecule has 0 bridgehead atoms. The summed E-state index contributed by atoms with van der Waals surface area (Å²) in [5, 5.41) is 10.2. The molecular weight excluding hydrogens is 332 g/mol. The number of hydrogen-bond acceptors (Lipinski definition) is 1. The van der Waals surface area contributed by atoms with Crippen LogP contribution in [-0.4, -0.2) is 11.1 Å². The van der Waals surface area contributed by atoms with E-state index in [-0.39, 0.29) is 0 Å². The lowest BCUT2D eigenvalue weighted by Gasteiger charge is -2.37. The van der Waals surface area contributed by atoms with Gasteiger partial charge in [-0.1, -0.05) is 96.9 Å². The largest absolute Gasteiger partial charge is 0.481 e. The van der Waals surface area contributed by atoms with Crippen molar-refractivity contribution in [2.45, 2.75) is 32.6 Å². The third kappa shape index (κ3) is 3.95. The van der Waals surface area contributed by atoms with Crippen LogP contribution in [0.1, 0.15) is 34.7 Å². The van der Waals surface area contributed by atoms with E-state index in [0.29, 0.717) is 6.42 Å². The number of rotatable bonds is 6. The van der Waals surface area contributed by atoms with Crippen molar-refractivity contribution in [2.75, 3.05) is 0 Å². The predicted octanol–water partition coefficient (Wildman–Crippen LogP) is 5.55. The van der Waals surface area contributed by atoms with Crippen molar-refractivity contribution < 1.29 is 9.90 Å². The Morgan fingerprint density at radius 1 is 0.852 bits per heavy atom. The molecule has 0 aromatic heterocycles. The molecule has 27 heavy (non-hydrogen) atoms. The van der Waals surface area contributed by atoms with E-state index in [0.717, 1.165) is 27.8 Å². The van der Waals surface area contributed by atoms with Gasteiger partial charge in [0.2, 0.25) is 0 Å². The van der Waals surface area contributed by atoms with Crippen LogP contribution >= 0.6 is 0 Å². The normalized spacial score (nSPS) is 12.6. The van der Waals surface area contributed by atoms with Gasteiger partial charge in [0.05, 0.1) is 5.92 Å². The van der Waals surface area contributed by atoms with Crippen molar-refractivity contribution in [3.05, 3.63) is 107 Å². The minimum atomic E-state index is -0.774. The Labute approximate surface area is 161 Å². The van der Waals surface area contributed by atoms with E-state index in [9.17, 15) is 9.90 Å². The fraction of sp³-hybridized carbons (Fsp3) is 0.240. The number of carbonyl (C=O) groups is 1. The summed E-state index contributed by atoms with van der Waals surface area (Å²) in [4.78, 5) is 12.5. The van der Waals surface area contributed by atoms with Gasteiger partial charge in [0.1, 0.15) is 0 Å². The van der Waals surface area contributed by atoms with Gasteiger partial charge in [0.15, 0.2) is 0 Å². The zero-order valence-electron chi connectivity index (χ0n) is 16.1. The molecule has 0 saturated heterocycles. The molecular formula is C25H26O2. The van der Waals surface area contributed by atoms with Crippen LogP contribution in [0.25, 0.3) is 0 Å². The molecule has 0 unspecified atom stereocenters. The number of aliphatic carboxylic acids is 1. The number of aryl methyl sites for hydroxylation is 2. The van der Waals surface area contributed by atoms with E-state index in [1.165, 1.54) is 0 Å². The van der Waals surface area contributed by atoms with Gasteiger partial charge < -0.3 is 5.11 Å². The van der Waals surface area contributed by atoms with E-state index in [4.69, 9.17) is 0 Å². The molecule has 0 radical (unpaired) electrons. The van der Waals surface area contributed by atoms with E-state index >= 15 is 0 Å². The lowest BCUT2D eigenvalue weighted by molar-refractivity contribution is -0.143. The van der Waals surface area contributed by atoms with Crippen molar-refractivity contribution in [1.29, 1.82) is 0 Å². The molecule has 0 amide bonds. The highest BCUT2D eigenvalue weighted by Crippen LogP contribution is 2.41. The number of hydrogen-bond donors (Lipinski definition) is 1. The van der Waals surface area contributed by atoms with Gasteiger partial charge >= 0.3 is 5.97 Å². The molecule has 0 aliphatic heterocycles. The smallest absolute Gasteiger partial charge is 0.308 e. The predicted molar refractivity (Wildman–Crippen MR) is 110 cm³/mol. The van der Waals surface area contributed by atoms with Crippen LogP contribution in [-0.2, 0) is 16.6 Å². The molecule has 3 rings (SSSR count). The first-order chi connectivity index (χ1) is 12.9. The average molecular weight is 358 g/mol. The lowest BCUT2D eigenvalue weighted by Crippen LogP contribution is -2.40. The lowest BCUT2D eigenvalue weighted by atomic mass is 9.65. The Balaban J connectivity index is 2.14. The molecule has 0 aliphatic carbocycles. The summed E-state index contributed by atoms with van der Waals surface area (Å²) in [6.07, 6.45) is 0.484. The van der Waals surface area contributed by atoms with Crippen molar-refractivity contribution in [2.24, 2.45) is 5.92 Å². The van der Waals surface area contributed by atoms with Gasteiger partial charge in [-0.3, -0.25) is 4.79 Å². The molecule has 0 fully saturated rings. The fourth-order valence-electron chi connectivity index (χ4n) is 4.10. The van der Waals surface area contributed by atoms with Gasteiger partial charge in [-0.25, -0.2) is 0 Å². The Morgan fingerprint density at radius 2 is 1.30 bits per heavy atom. The summed E-state index contributed by atoms with van der Waals surface area (Å²) in [5.41, 5.74) is 4.80. The van der Waals surface area contributed by atoms with Crippen LogP contribution in [0.3, 0.4) is 0 Å². The van der Waals surface area contributed by atoms with Crippen LogP contribution in [0.2, 0.25) is 0 Å². The summed E-state index contributed by atoms with van der Waals surface area (Å²) in [7, 11) is 0. The second kappa shape index (κ2) is 7.79. The van der Waals surface area contributed by atoms with E-state index in [1.54, 1.807) is 0 Å². The fourth-order valence-corrected chi connectivity index (χ4v) is 4.10. The molecule has 0 aliphatic rings. The highest BCUT2D eigenvalue weighted by Gasteiger charge is 2.42. The quantitative estimate of drug-likeness (QED) is 0.627. The van der Waals surface area contributed by atoms with Crippen LogP contribution in [0, 0.1) is 19.8 Å². The van der Waals surface area contributed by atoms with Gasteiger partial charge in [-0.2, -0.15) is 0 Å². The third-order valence-corrected chi connectivity index (χ3v) is 5.46. The van der Waals surface area contributed by atoms with Gasteiger partial charge in [-0.15, -0.1) is 0 Å². The maximum atomic E-state index is 12.5. The zero-order valence-corrected chi connectivity index (χ0v) is 16.1. The summed E-state index contributed by atoms with van der Waals surface area (Å²) < 4.78 is 0. The Morgan fingerprint density at radius 3 is 1.70 bits per heavy atom. The minimum Gasteiger partial charge on any atom is -0.481 e. The number of carboxylic acids is 1. The number of carboxylic acid groups (broad SMARTS) is 1. The molecule has 3 aromatic carbocycles. The van der Waals surface area contributed by atoms with Crippen molar-refractivity contribution >= 4 is 5.97 Å². The van der Waals surface area contributed by atoms with Crippen LogP contribution < -0.4 is 0 Å². The second-order valence-electron chi connectivity index (χ2n) is 7.53. The summed E-state index contributed by atoms with van der Waals surface area (Å²) in [5.74, 6) is -1.35. The first kappa shape index (κ1) is 18.9. The SMILES string of the molecule is Cc1cc(C)cc(C[C@H](C(=O)O)C(C)(c2ccccc2)c2ccccc2)c1. The van der Waals surface area contributed by atoms with Crippen LogP contribution in [0.5, 0.6) is 0 Å². The molecule has 1 N–H and O–H groups in total. The molecule has 0 saturated carbocycles. The molecule has 1 atom stereocenters. The highest BCUT2D eigenvalue weighted by molar-refractivity contribution is 5.74. The molecule has 2 heteroatoms. The molecule has 2 nitrogen and oxygen atoms in total. The number of benzene rings is 3. The van der Waals surface area contributed by atoms with Gasteiger partial charge in [-0.05, 0) is 37.0 Å². The first-order valence-electron chi connectivity index (χ1n) is 9.32. The van der Waals surface area contributed by atoms with Crippen molar-refractivity contribution in [3.63, 3.8) is 0 Å². The Bertz CT molecular complexity index is 854. The summed E-state index contributed by atoms with van der Waals surface area (Å²) in [6, 6.07) is 26.3. The van der Waals surface area contributed by atoms with Crippen molar-refractivity contribution in [3.8, 4) is 0 Å². The van der Waals surface area contributed by atoms with Crippen molar-refractivity contribution in [1.82, 2.24) is 0 Å². The average Bonchev–Trinajstić information content (AvgIpc) is 2.66. The molecule has 0 spiro atoms. The van der Waals surface area contributed by atoms with Gasteiger partial charge in [0, 0.05) is 5.41 Å². The maximum Gasteiger partial charge on any atom is 0.308 e. The van der Waals surface area contributed by atoms with E-state index in [2.05, 4.69) is 39.0 Å². The van der Waals surface area contributed by atoms with Crippen LogP contribution in [0.4, 0.5) is 0 Å². The highest BCUT2D eigenvalue weighted by atomic mass is 16.4. The zero-order chi connectivity index (χ0) is 19.4. The Hall–Kier alpha value is -2.87. The van der Waals surface area contributed by atoms with Crippen LogP contribution in [0.15, 0.2) is 78.9 Å². The summed E-state index contributed by atoms with van der Waals surface area (Å²) in [6.45, 7) is 6.17. The first-order valence-corrected chi connectivity index (χ1v) is 9.32. The monoisotopic (exact) mass is 358 g/mol. The summed E-state index contributed by atoms with van der Waals surface area (Å²) >= 11 is 0. The molecule has 0 heterocycles. The topological polar surface area (TPSA) is 37.3 Å². The second-order valence-corrected chi connectivity index (χ2v) is 7.53. The van der Waals surface area contributed by atoms with E-state index in [1.807, 2.05) is 60.7 Å². The molecule has 3 aromatic rings. The third-order valence-electron chi connectivity index (χ3n) is 5.46. The minimum absolute atomic E-state index is 0.484. The molecule has 138 valence electrons. The van der Waals surface area contributed by atoms with Gasteiger partial charge in [0.25, 0.3) is 0 Å².